The maximum absolute atomic E-state index is 13.3. The van der Waals surface area contributed by atoms with Gasteiger partial charge in [0.25, 0.3) is 11.9 Å². The molecule has 1 unspecified atom stereocenters. The number of aromatic nitrogens is 6. The van der Waals surface area contributed by atoms with Crippen LogP contribution in [0, 0.1) is 6.92 Å². The van der Waals surface area contributed by atoms with E-state index in [0.29, 0.717) is 11.5 Å². The first-order chi connectivity index (χ1) is 16.2. The van der Waals surface area contributed by atoms with Gasteiger partial charge in [0.2, 0.25) is 0 Å². The van der Waals surface area contributed by atoms with Crippen LogP contribution in [0.5, 0.6) is 0 Å². The third-order valence-corrected chi connectivity index (χ3v) is 6.96. The van der Waals surface area contributed by atoms with Crippen LogP contribution in [0.4, 0.5) is 0 Å². The summed E-state index contributed by atoms with van der Waals surface area (Å²) in [5.74, 6) is 0.377. The van der Waals surface area contributed by atoms with E-state index in [1.54, 1.807) is 22.2 Å². The Morgan fingerprint density at radius 3 is 3.03 bits per heavy atom. The summed E-state index contributed by atoms with van der Waals surface area (Å²) >= 11 is 1.65. The minimum Gasteiger partial charge on any atom is -0.344 e. The number of nitrogens with one attached hydrogen (secondary N) is 1. The van der Waals surface area contributed by atoms with Crippen LogP contribution in [-0.4, -0.2) is 35.2 Å². The van der Waals surface area contributed by atoms with Crippen LogP contribution < -0.4 is 5.32 Å². The lowest BCUT2D eigenvalue weighted by Crippen LogP contribution is -2.32. The van der Waals surface area contributed by atoms with Gasteiger partial charge in [0, 0.05) is 12.7 Å². The zero-order valence-corrected chi connectivity index (χ0v) is 19.7. The molecule has 0 aromatic carbocycles. The van der Waals surface area contributed by atoms with Crippen molar-refractivity contribution in [2.45, 2.75) is 58.5 Å². The first-order valence-corrected chi connectivity index (χ1v) is 12.3. The van der Waals surface area contributed by atoms with E-state index in [1.807, 2.05) is 37.1 Å². The summed E-state index contributed by atoms with van der Waals surface area (Å²) in [5, 5.41) is 9.80. The molecule has 5 heterocycles. The molecule has 0 fully saturated rings. The SMILES string of the molecule is CCCCc1c(C(=O)NC2CCCn3cncc32)cnn1-c1ncc(C)c(-c2cccs2)n1. The third kappa shape index (κ3) is 4.20. The predicted molar refractivity (Wildman–Crippen MR) is 127 cm³/mol. The van der Waals surface area contributed by atoms with Crippen molar-refractivity contribution in [1.29, 1.82) is 0 Å². The molecule has 1 N–H and O–H groups in total. The lowest BCUT2D eigenvalue weighted by atomic mass is 10.0. The standard InChI is InChI=1S/C24H27N7OS/c1-3-4-8-19-17(23(32)28-18-7-5-10-30-15-25-14-20(18)30)13-27-31(19)24-26-12-16(2)22(29-24)21-9-6-11-33-21/h6,9,11-15,18H,3-5,7-8,10H2,1-2H3,(H,28,32). The molecule has 9 heteroatoms. The summed E-state index contributed by atoms with van der Waals surface area (Å²) in [7, 11) is 0. The van der Waals surface area contributed by atoms with Gasteiger partial charge in [-0.15, -0.1) is 11.3 Å². The molecule has 4 aromatic rings. The Labute approximate surface area is 196 Å². The zero-order chi connectivity index (χ0) is 22.8. The van der Waals surface area contributed by atoms with Crippen molar-refractivity contribution < 1.29 is 4.79 Å². The van der Waals surface area contributed by atoms with Gasteiger partial charge >= 0.3 is 0 Å². The van der Waals surface area contributed by atoms with Crippen molar-refractivity contribution in [3.05, 3.63) is 64.9 Å². The second kappa shape index (κ2) is 9.27. The summed E-state index contributed by atoms with van der Waals surface area (Å²) in [6, 6.07) is 4.03. The van der Waals surface area contributed by atoms with E-state index in [0.717, 1.165) is 66.2 Å². The van der Waals surface area contributed by atoms with Gasteiger partial charge < -0.3 is 9.88 Å². The molecule has 0 aliphatic carbocycles. The minimum absolute atomic E-state index is 0.0443. The Bertz CT molecular complexity index is 1260. The molecule has 0 bridgehead atoms. The fraction of sp³-hybridized carbons (Fsp3) is 0.375. The number of unbranched alkanes of at least 4 members (excludes halogenated alkanes) is 1. The van der Waals surface area contributed by atoms with E-state index in [1.165, 1.54) is 0 Å². The average molecular weight is 462 g/mol. The van der Waals surface area contributed by atoms with E-state index >= 15 is 0 Å². The Morgan fingerprint density at radius 1 is 1.30 bits per heavy atom. The highest BCUT2D eigenvalue weighted by molar-refractivity contribution is 7.13. The van der Waals surface area contributed by atoms with E-state index in [-0.39, 0.29) is 11.9 Å². The molecule has 1 aliphatic rings. The second-order valence-corrected chi connectivity index (χ2v) is 9.33. The van der Waals surface area contributed by atoms with E-state index in [9.17, 15) is 4.79 Å². The number of aryl methyl sites for hydroxylation is 2. The molecule has 0 saturated heterocycles. The van der Waals surface area contributed by atoms with Gasteiger partial charge in [-0.2, -0.15) is 5.10 Å². The van der Waals surface area contributed by atoms with E-state index < -0.39 is 0 Å². The van der Waals surface area contributed by atoms with Crippen molar-refractivity contribution in [3.63, 3.8) is 0 Å². The Kier molecular flexibility index (Phi) is 6.04. The molecule has 0 spiro atoms. The summed E-state index contributed by atoms with van der Waals surface area (Å²) in [6.07, 6.45) is 11.8. The number of hydrogen-bond donors (Lipinski definition) is 1. The Hall–Kier alpha value is -3.33. The number of carbonyl (C=O) groups is 1. The number of hydrogen-bond acceptors (Lipinski definition) is 6. The highest BCUT2D eigenvalue weighted by atomic mass is 32.1. The van der Waals surface area contributed by atoms with Crippen LogP contribution in [0.25, 0.3) is 16.5 Å². The zero-order valence-electron chi connectivity index (χ0n) is 18.9. The lowest BCUT2D eigenvalue weighted by Gasteiger charge is -2.25. The Morgan fingerprint density at radius 2 is 2.21 bits per heavy atom. The third-order valence-electron chi connectivity index (χ3n) is 6.08. The first-order valence-electron chi connectivity index (χ1n) is 11.4. The van der Waals surface area contributed by atoms with Crippen molar-refractivity contribution >= 4 is 17.2 Å². The number of thiophene rings is 1. The average Bonchev–Trinajstić information content (AvgIpc) is 3.59. The largest absolute Gasteiger partial charge is 0.344 e. The molecule has 1 atom stereocenters. The minimum atomic E-state index is -0.113. The van der Waals surface area contributed by atoms with E-state index in [4.69, 9.17) is 4.98 Å². The molecule has 1 aliphatic heterocycles. The monoisotopic (exact) mass is 461 g/mol. The van der Waals surface area contributed by atoms with Gasteiger partial charge in [-0.3, -0.25) is 4.79 Å². The fourth-order valence-corrected chi connectivity index (χ4v) is 5.10. The number of rotatable bonds is 7. The van der Waals surface area contributed by atoms with Crippen LogP contribution in [-0.2, 0) is 13.0 Å². The Balaban J connectivity index is 1.48. The molecule has 5 rings (SSSR count). The van der Waals surface area contributed by atoms with Crippen molar-refractivity contribution in [2.24, 2.45) is 0 Å². The van der Waals surface area contributed by atoms with Crippen molar-refractivity contribution in [2.75, 3.05) is 0 Å². The van der Waals surface area contributed by atoms with Crippen LogP contribution >= 0.6 is 11.3 Å². The van der Waals surface area contributed by atoms with Crippen LogP contribution in [0.3, 0.4) is 0 Å². The van der Waals surface area contributed by atoms with Gasteiger partial charge in [-0.05, 0) is 49.6 Å². The molecule has 0 radical (unpaired) electrons. The maximum Gasteiger partial charge on any atom is 0.255 e. The van der Waals surface area contributed by atoms with Gasteiger partial charge in [-0.1, -0.05) is 19.4 Å². The molecule has 33 heavy (non-hydrogen) atoms. The molecule has 170 valence electrons. The normalized spacial score (nSPS) is 15.4. The summed E-state index contributed by atoms with van der Waals surface area (Å²) in [5.41, 5.74) is 4.39. The van der Waals surface area contributed by atoms with Crippen molar-refractivity contribution in [1.82, 2.24) is 34.6 Å². The highest BCUT2D eigenvalue weighted by Crippen LogP contribution is 2.28. The van der Waals surface area contributed by atoms with Gasteiger partial charge in [0.05, 0.1) is 52.3 Å². The lowest BCUT2D eigenvalue weighted by molar-refractivity contribution is 0.0928. The highest BCUT2D eigenvalue weighted by Gasteiger charge is 2.26. The number of fused-ring (bicyclic) bond motifs is 1. The van der Waals surface area contributed by atoms with Gasteiger partial charge in [-0.25, -0.2) is 19.6 Å². The van der Waals surface area contributed by atoms with Gasteiger partial charge in [0.15, 0.2) is 0 Å². The molecular formula is C24H27N7OS. The summed E-state index contributed by atoms with van der Waals surface area (Å²) < 4.78 is 3.84. The first kappa shape index (κ1) is 21.5. The summed E-state index contributed by atoms with van der Waals surface area (Å²) in [6.45, 7) is 5.09. The number of nitrogens with zero attached hydrogens (tertiary/aromatic N) is 6. The topological polar surface area (TPSA) is 90.5 Å². The van der Waals surface area contributed by atoms with Crippen LogP contribution in [0.15, 0.2) is 42.4 Å². The van der Waals surface area contributed by atoms with E-state index in [2.05, 4.69) is 37.9 Å². The number of amides is 1. The quantitative estimate of drug-likeness (QED) is 0.437. The molecular weight excluding hydrogens is 434 g/mol. The summed E-state index contributed by atoms with van der Waals surface area (Å²) in [4.78, 5) is 28.1. The molecule has 8 nitrogen and oxygen atoms in total. The smallest absolute Gasteiger partial charge is 0.255 e. The van der Waals surface area contributed by atoms with Gasteiger partial charge in [0.1, 0.15) is 0 Å². The van der Waals surface area contributed by atoms with Crippen LogP contribution in [0.1, 0.15) is 66.0 Å². The van der Waals surface area contributed by atoms with Crippen molar-refractivity contribution in [3.8, 4) is 16.5 Å². The number of carbonyl (C=O) groups excluding carboxylic acids is 1. The molecule has 1 amide bonds. The number of imidazole rings is 1. The second-order valence-electron chi connectivity index (χ2n) is 8.38. The molecule has 0 saturated carbocycles. The fourth-order valence-electron chi connectivity index (χ4n) is 4.32. The maximum atomic E-state index is 13.3. The molecule has 4 aromatic heterocycles. The predicted octanol–water partition coefficient (Wildman–Crippen LogP) is 4.50. The van der Waals surface area contributed by atoms with Crippen LogP contribution in [0.2, 0.25) is 0 Å².